The van der Waals surface area contributed by atoms with Crippen molar-refractivity contribution in [3.63, 3.8) is 0 Å². The molecular weight excluding hydrogens is 403 g/mol. The van der Waals surface area contributed by atoms with Gasteiger partial charge in [0, 0.05) is 30.3 Å². The van der Waals surface area contributed by atoms with E-state index in [1.165, 1.54) is 0 Å². The number of morpholine rings is 1. The predicted molar refractivity (Wildman–Crippen MR) is 104 cm³/mol. The molecule has 3 rings (SSSR count). The third-order valence-electron chi connectivity index (χ3n) is 5.39. The van der Waals surface area contributed by atoms with Gasteiger partial charge in [-0.05, 0) is 20.3 Å². The molecule has 0 N–H and O–H groups in total. The first kappa shape index (κ1) is 22.2. The van der Waals surface area contributed by atoms with Gasteiger partial charge in [0.15, 0.2) is 6.61 Å². The van der Waals surface area contributed by atoms with Crippen LogP contribution in [-0.4, -0.2) is 67.4 Å². The molecule has 1 fully saturated rings. The van der Waals surface area contributed by atoms with E-state index in [1.54, 1.807) is 12.3 Å². The Labute approximate surface area is 172 Å². The number of ether oxygens (including phenoxy) is 2. The van der Waals surface area contributed by atoms with E-state index in [2.05, 4.69) is 4.99 Å². The summed E-state index contributed by atoms with van der Waals surface area (Å²) in [7, 11) is 0. The van der Waals surface area contributed by atoms with Crippen molar-refractivity contribution in [1.29, 1.82) is 0 Å². The molecule has 3 heterocycles. The summed E-state index contributed by atoms with van der Waals surface area (Å²) in [6.07, 6.45) is -2.90. The van der Waals surface area contributed by atoms with Crippen LogP contribution in [-0.2, 0) is 14.3 Å². The fourth-order valence-corrected chi connectivity index (χ4v) is 3.79. The van der Waals surface area contributed by atoms with Gasteiger partial charge < -0.3 is 14.4 Å². The monoisotopic (exact) mass is 427 g/mol. The van der Waals surface area contributed by atoms with Gasteiger partial charge in [0.05, 0.1) is 31.0 Å². The van der Waals surface area contributed by atoms with Gasteiger partial charge in [0.2, 0.25) is 5.78 Å². The zero-order valence-corrected chi connectivity index (χ0v) is 17.0. The molecule has 0 aliphatic carbocycles. The highest BCUT2D eigenvalue weighted by Gasteiger charge is 2.43. The van der Waals surface area contributed by atoms with Crippen LogP contribution in [0.15, 0.2) is 11.1 Å². The van der Waals surface area contributed by atoms with Gasteiger partial charge in [-0.15, -0.1) is 0 Å². The average Bonchev–Trinajstić information content (AvgIpc) is 2.70. The van der Waals surface area contributed by atoms with Crippen molar-refractivity contribution < 1.29 is 32.2 Å². The Kier molecular flexibility index (Phi) is 6.44. The van der Waals surface area contributed by atoms with Gasteiger partial charge in [0.1, 0.15) is 11.6 Å². The number of aromatic nitrogens is 1. The van der Waals surface area contributed by atoms with E-state index in [4.69, 9.17) is 14.5 Å². The van der Waals surface area contributed by atoms with E-state index in [0.29, 0.717) is 43.3 Å². The fraction of sp³-hybridized carbons (Fsp3) is 0.600. The van der Waals surface area contributed by atoms with E-state index in [9.17, 15) is 22.8 Å². The van der Waals surface area contributed by atoms with E-state index in [1.807, 2.05) is 25.7 Å². The van der Waals surface area contributed by atoms with Gasteiger partial charge in [-0.3, -0.25) is 14.6 Å². The molecule has 30 heavy (non-hydrogen) atoms. The van der Waals surface area contributed by atoms with E-state index < -0.39 is 24.3 Å². The van der Waals surface area contributed by atoms with Gasteiger partial charge in [0.25, 0.3) is 0 Å². The van der Waals surface area contributed by atoms with Crippen LogP contribution in [0.3, 0.4) is 0 Å². The summed E-state index contributed by atoms with van der Waals surface area (Å²) in [6, 6.07) is 1.58. The number of alkyl halides is 3. The van der Waals surface area contributed by atoms with Crippen LogP contribution in [0.4, 0.5) is 19.0 Å². The second-order valence-electron chi connectivity index (χ2n) is 7.47. The summed E-state index contributed by atoms with van der Waals surface area (Å²) in [5.74, 6) is -3.32. The van der Waals surface area contributed by atoms with Crippen LogP contribution in [0.2, 0.25) is 0 Å². The van der Waals surface area contributed by atoms with E-state index >= 15 is 0 Å². The van der Waals surface area contributed by atoms with Crippen molar-refractivity contribution in [1.82, 2.24) is 4.98 Å². The quantitative estimate of drug-likeness (QED) is 0.650. The lowest BCUT2D eigenvalue weighted by Crippen LogP contribution is -2.44. The van der Waals surface area contributed by atoms with Crippen molar-refractivity contribution in [2.45, 2.75) is 51.4 Å². The maximum atomic E-state index is 12.5. The molecular formula is C20H24F3N3O4. The summed E-state index contributed by atoms with van der Waals surface area (Å²) >= 11 is 0. The molecule has 2 aliphatic heterocycles. The third-order valence-corrected chi connectivity index (χ3v) is 5.39. The summed E-state index contributed by atoms with van der Waals surface area (Å²) in [5.41, 5.74) is 1.25. The topological polar surface area (TPSA) is 81.1 Å². The van der Waals surface area contributed by atoms with Crippen LogP contribution < -0.4 is 9.64 Å². The minimum atomic E-state index is -5.22. The zero-order chi connectivity index (χ0) is 22.1. The van der Waals surface area contributed by atoms with Gasteiger partial charge in [-0.2, -0.15) is 13.2 Å². The molecule has 0 amide bonds. The number of anilines is 1. The fourth-order valence-electron chi connectivity index (χ4n) is 3.79. The summed E-state index contributed by atoms with van der Waals surface area (Å²) in [4.78, 5) is 34.1. The van der Waals surface area contributed by atoms with Crippen LogP contribution in [0, 0.1) is 0 Å². The lowest BCUT2D eigenvalue weighted by atomic mass is 9.86. The Morgan fingerprint density at radius 3 is 2.70 bits per heavy atom. The molecule has 2 aliphatic rings. The number of nitrogens with zero attached hydrogens (tertiary/aromatic N) is 3. The first-order valence-electron chi connectivity index (χ1n) is 9.83. The Bertz CT molecular complexity index is 856. The van der Waals surface area contributed by atoms with Crippen LogP contribution >= 0.6 is 0 Å². The Morgan fingerprint density at radius 2 is 2.07 bits per heavy atom. The summed E-state index contributed by atoms with van der Waals surface area (Å²) < 4.78 is 48.6. The summed E-state index contributed by atoms with van der Waals surface area (Å²) in [6.45, 7) is 6.48. The molecule has 0 spiro atoms. The number of Topliss-reactive ketones (excluding diaryl/α,β-unsaturated/α-hetero) is 2. The average molecular weight is 427 g/mol. The minimum Gasteiger partial charge on any atom is -0.485 e. The summed E-state index contributed by atoms with van der Waals surface area (Å²) in [5, 5.41) is 0. The number of carbonyl (C=O) groups excluding carboxylic acids is 2. The first-order valence-corrected chi connectivity index (χ1v) is 9.83. The Morgan fingerprint density at radius 1 is 1.33 bits per heavy atom. The van der Waals surface area contributed by atoms with Gasteiger partial charge >= 0.3 is 12.0 Å². The lowest BCUT2D eigenvalue weighted by Gasteiger charge is -2.36. The number of hydrogen-bond donors (Lipinski definition) is 0. The normalized spacial score (nSPS) is 23.8. The molecule has 1 aromatic heterocycles. The number of fused-ring (bicyclic) bond motifs is 1. The predicted octanol–water partition coefficient (Wildman–Crippen LogP) is 2.70. The maximum Gasteiger partial charge on any atom is 0.458 e. The van der Waals surface area contributed by atoms with Gasteiger partial charge in [-0.25, -0.2) is 4.98 Å². The number of aliphatic imine (C=N–C) groups is 1. The zero-order valence-electron chi connectivity index (χ0n) is 17.0. The smallest absolute Gasteiger partial charge is 0.458 e. The van der Waals surface area contributed by atoms with Crippen LogP contribution in [0.1, 0.15) is 44.4 Å². The maximum absolute atomic E-state index is 12.5. The third kappa shape index (κ3) is 4.48. The molecule has 3 atom stereocenters. The van der Waals surface area contributed by atoms with Crippen molar-refractivity contribution in [2.75, 3.05) is 31.3 Å². The molecule has 1 saturated heterocycles. The van der Waals surface area contributed by atoms with Gasteiger partial charge in [-0.1, -0.05) is 6.92 Å². The molecule has 1 aromatic rings. The molecule has 2 unspecified atom stereocenters. The first-order chi connectivity index (χ1) is 14.1. The molecule has 0 radical (unpaired) electrons. The number of hydrogen-bond acceptors (Lipinski definition) is 7. The second kappa shape index (κ2) is 8.71. The molecule has 7 nitrogen and oxygen atoms in total. The minimum absolute atomic E-state index is 0.0343. The highest BCUT2D eigenvalue weighted by atomic mass is 19.4. The molecule has 0 aromatic carbocycles. The molecule has 164 valence electrons. The molecule has 10 heteroatoms. The highest BCUT2D eigenvalue weighted by Crippen LogP contribution is 2.39. The number of pyridine rings is 1. The number of carbonyl (C=O) groups is 2. The van der Waals surface area contributed by atoms with E-state index in [-0.39, 0.29) is 23.8 Å². The SMILES string of the molecule is CCC1c2c(OCC(=O)C(=O)C(F)(F)F)cc(N3CCOC[C@H]3C)nc2C=NC1C. The van der Waals surface area contributed by atoms with Crippen molar-refractivity contribution >= 4 is 23.6 Å². The Balaban J connectivity index is 1.97. The molecule has 0 bridgehead atoms. The lowest BCUT2D eigenvalue weighted by molar-refractivity contribution is -0.175. The van der Waals surface area contributed by atoms with E-state index in [0.717, 1.165) is 0 Å². The molecule has 0 saturated carbocycles. The van der Waals surface area contributed by atoms with Crippen molar-refractivity contribution in [3.05, 3.63) is 17.3 Å². The Hall–Kier alpha value is -2.49. The van der Waals surface area contributed by atoms with Crippen molar-refractivity contribution in [2.24, 2.45) is 4.99 Å². The highest BCUT2D eigenvalue weighted by molar-refractivity contribution is 6.39. The number of halogens is 3. The number of ketones is 2. The number of rotatable bonds is 6. The standard InChI is InChI=1S/C20H24F3N3O4/c1-4-13-12(3)24-8-14-18(13)16(30-10-15(27)19(28)20(21,22)23)7-17(25-14)26-5-6-29-9-11(26)2/h7-8,11-13H,4-6,9-10H2,1-3H3/t11-,12?,13?/m1/s1. The van der Waals surface area contributed by atoms with Crippen molar-refractivity contribution in [3.8, 4) is 5.75 Å². The van der Waals surface area contributed by atoms with Crippen LogP contribution in [0.25, 0.3) is 0 Å². The second-order valence-corrected chi connectivity index (χ2v) is 7.47. The van der Waals surface area contributed by atoms with Crippen LogP contribution in [0.5, 0.6) is 5.75 Å². The largest absolute Gasteiger partial charge is 0.485 e.